The minimum Gasteiger partial charge on any atom is -0.503 e. The van der Waals surface area contributed by atoms with Crippen LogP contribution >= 0.6 is 0 Å². The number of hydrogen-bond acceptors (Lipinski definition) is 5. The molecule has 2 heterocycles. The molecule has 1 aromatic heterocycles. The second kappa shape index (κ2) is 6.53. The Morgan fingerprint density at radius 3 is 2.95 bits per heavy atom. The number of carbonyl (C=O) groups is 2. The Labute approximate surface area is 122 Å². The van der Waals surface area contributed by atoms with Crippen LogP contribution in [0, 0.1) is 0 Å². The molecule has 21 heavy (non-hydrogen) atoms. The minimum absolute atomic E-state index is 0.0809. The van der Waals surface area contributed by atoms with Crippen molar-refractivity contribution < 1.29 is 14.7 Å². The minimum atomic E-state index is -0.825. The fourth-order valence-electron chi connectivity index (χ4n) is 2.59. The highest BCUT2D eigenvalue weighted by Gasteiger charge is 2.23. The van der Waals surface area contributed by atoms with Gasteiger partial charge in [0.2, 0.25) is 5.43 Å². The molecule has 1 atom stereocenters. The van der Waals surface area contributed by atoms with E-state index in [1.165, 1.54) is 17.8 Å². The standard InChI is InChI=1S/C14H19N3O4/c1-15-14(21)10-7-17(9-4-2-3-5-16-6-9)11(8-18)13(20)12(10)19/h7-9,16,20H,2-6H2,1H3,(H,15,21). The molecule has 0 aromatic carbocycles. The maximum Gasteiger partial charge on any atom is 0.256 e. The third-order valence-electron chi connectivity index (χ3n) is 3.75. The summed E-state index contributed by atoms with van der Waals surface area (Å²) in [5.41, 5.74) is -1.07. The van der Waals surface area contributed by atoms with Gasteiger partial charge in [0, 0.05) is 25.8 Å². The van der Waals surface area contributed by atoms with Gasteiger partial charge in [-0.3, -0.25) is 14.4 Å². The van der Waals surface area contributed by atoms with Gasteiger partial charge in [-0.2, -0.15) is 0 Å². The molecule has 1 fully saturated rings. The van der Waals surface area contributed by atoms with Crippen LogP contribution in [0.3, 0.4) is 0 Å². The van der Waals surface area contributed by atoms with Crippen LogP contribution in [0.5, 0.6) is 5.75 Å². The van der Waals surface area contributed by atoms with Crippen LogP contribution in [0.4, 0.5) is 0 Å². The molecular formula is C14H19N3O4. The van der Waals surface area contributed by atoms with Crippen molar-refractivity contribution in [1.82, 2.24) is 15.2 Å². The Hall–Kier alpha value is -2.15. The number of aromatic nitrogens is 1. The number of hydrogen-bond donors (Lipinski definition) is 3. The number of carbonyl (C=O) groups excluding carboxylic acids is 2. The summed E-state index contributed by atoms with van der Waals surface area (Å²) in [4.78, 5) is 34.9. The van der Waals surface area contributed by atoms with E-state index in [9.17, 15) is 19.5 Å². The first-order chi connectivity index (χ1) is 10.1. The lowest BCUT2D eigenvalue weighted by Crippen LogP contribution is -2.31. The average Bonchev–Trinajstić information content (AvgIpc) is 2.78. The topological polar surface area (TPSA) is 100 Å². The normalized spacial score (nSPS) is 18.8. The first-order valence-electron chi connectivity index (χ1n) is 6.96. The van der Waals surface area contributed by atoms with Gasteiger partial charge in [0.15, 0.2) is 12.0 Å². The van der Waals surface area contributed by atoms with E-state index in [-0.39, 0.29) is 17.3 Å². The monoisotopic (exact) mass is 293 g/mol. The van der Waals surface area contributed by atoms with Gasteiger partial charge in [0.05, 0.1) is 0 Å². The second-order valence-electron chi connectivity index (χ2n) is 5.06. The SMILES string of the molecule is CNC(=O)c1cn(C2CCCCNC2)c(C=O)c(O)c1=O. The van der Waals surface area contributed by atoms with Crippen LogP contribution in [-0.4, -0.2) is 42.0 Å². The zero-order chi connectivity index (χ0) is 15.4. The average molecular weight is 293 g/mol. The molecule has 0 spiro atoms. The molecule has 1 unspecified atom stereocenters. The number of aromatic hydroxyl groups is 1. The van der Waals surface area contributed by atoms with Crippen LogP contribution in [-0.2, 0) is 0 Å². The first-order valence-corrected chi connectivity index (χ1v) is 6.96. The summed E-state index contributed by atoms with van der Waals surface area (Å²) in [6, 6.07) is -0.0809. The lowest BCUT2D eigenvalue weighted by atomic mass is 10.1. The maximum absolute atomic E-state index is 12.0. The molecule has 2 rings (SSSR count). The number of amides is 1. The Kier molecular flexibility index (Phi) is 4.74. The van der Waals surface area contributed by atoms with Crippen molar-refractivity contribution in [2.24, 2.45) is 0 Å². The van der Waals surface area contributed by atoms with Crippen molar-refractivity contribution in [3.63, 3.8) is 0 Å². The highest BCUT2D eigenvalue weighted by Crippen LogP contribution is 2.22. The smallest absolute Gasteiger partial charge is 0.256 e. The molecule has 0 radical (unpaired) electrons. The van der Waals surface area contributed by atoms with Crippen LogP contribution in [0.2, 0.25) is 0 Å². The van der Waals surface area contributed by atoms with Crippen LogP contribution in [0.15, 0.2) is 11.0 Å². The molecule has 0 bridgehead atoms. The molecule has 3 N–H and O–H groups in total. The van der Waals surface area contributed by atoms with Gasteiger partial charge >= 0.3 is 0 Å². The van der Waals surface area contributed by atoms with Crippen molar-refractivity contribution in [1.29, 1.82) is 0 Å². The van der Waals surface area contributed by atoms with E-state index < -0.39 is 17.1 Å². The van der Waals surface area contributed by atoms with Crippen LogP contribution in [0.25, 0.3) is 0 Å². The van der Waals surface area contributed by atoms with Gasteiger partial charge in [0.1, 0.15) is 11.3 Å². The second-order valence-corrected chi connectivity index (χ2v) is 5.06. The van der Waals surface area contributed by atoms with Gasteiger partial charge in [0.25, 0.3) is 5.91 Å². The molecule has 1 amide bonds. The van der Waals surface area contributed by atoms with E-state index in [2.05, 4.69) is 10.6 Å². The third kappa shape index (κ3) is 2.97. The fraction of sp³-hybridized carbons (Fsp3) is 0.500. The molecule has 7 nitrogen and oxygen atoms in total. The molecule has 1 aliphatic heterocycles. The summed E-state index contributed by atoms with van der Waals surface area (Å²) in [7, 11) is 1.41. The van der Waals surface area contributed by atoms with Gasteiger partial charge < -0.3 is 20.3 Å². The molecule has 1 aromatic rings. The third-order valence-corrected chi connectivity index (χ3v) is 3.75. The molecule has 0 aliphatic carbocycles. The summed E-state index contributed by atoms with van der Waals surface area (Å²) in [6.07, 6.45) is 4.63. The van der Waals surface area contributed by atoms with E-state index in [4.69, 9.17) is 0 Å². The van der Waals surface area contributed by atoms with Crippen molar-refractivity contribution in [3.05, 3.63) is 27.7 Å². The van der Waals surface area contributed by atoms with Crippen molar-refractivity contribution in [2.75, 3.05) is 20.1 Å². The molecule has 1 aliphatic rings. The lowest BCUT2D eigenvalue weighted by Gasteiger charge is -2.22. The molecule has 7 heteroatoms. The Morgan fingerprint density at radius 2 is 2.29 bits per heavy atom. The number of nitrogens with one attached hydrogen (secondary N) is 2. The summed E-state index contributed by atoms with van der Waals surface area (Å²) in [6.45, 7) is 1.51. The Morgan fingerprint density at radius 1 is 1.52 bits per heavy atom. The Balaban J connectivity index is 2.57. The highest BCUT2D eigenvalue weighted by atomic mass is 16.3. The zero-order valence-corrected chi connectivity index (χ0v) is 11.9. The number of aldehydes is 1. The van der Waals surface area contributed by atoms with Crippen LogP contribution in [0.1, 0.15) is 46.2 Å². The van der Waals surface area contributed by atoms with E-state index in [1.807, 2.05) is 0 Å². The van der Waals surface area contributed by atoms with Gasteiger partial charge in [-0.05, 0) is 19.4 Å². The highest BCUT2D eigenvalue weighted by molar-refractivity contribution is 5.94. The number of pyridine rings is 1. The number of rotatable bonds is 3. The van der Waals surface area contributed by atoms with E-state index in [0.717, 1.165) is 25.8 Å². The predicted octanol–water partition coefficient (Wildman–Crippen LogP) is 0.0406. The van der Waals surface area contributed by atoms with Gasteiger partial charge in [-0.25, -0.2) is 0 Å². The zero-order valence-electron chi connectivity index (χ0n) is 11.9. The molecule has 0 saturated carbocycles. The quantitative estimate of drug-likeness (QED) is 0.683. The lowest BCUT2D eigenvalue weighted by molar-refractivity contribution is 0.0958. The summed E-state index contributed by atoms with van der Waals surface area (Å²) in [5, 5.41) is 15.5. The maximum atomic E-state index is 12.0. The largest absolute Gasteiger partial charge is 0.503 e. The van der Waals surface area contributed by atoms with E-state index in [0.29, 0.717) is 12.8 Å². The van der Waals surface area contributed by atoms with Gasteiger partial charge in [-0.1, -0.05) is 6.42 Å². The summed E-state index contributed by atoms with van der Waals surface area (Å²) >= 11 is 0. The van der Waals surface area contributed by atoms with Crippen molar-refractivity contribution >= 4 is 12.2 Å². The predicted molar refractivity (Wildman–Crippen MR) is 76.9 cm³/mol. The molecular weight excluding hydrogens is 274 g/mol. The fourth-order valence-corrected chi connectivity index (χ4v) is 2.59. The number of nitrogens with zero attached hydrogens (tertiary/aromatic N) is 1. The van der Waals surface area contributed by atoms with Crippen molar-refractivity contribution in [2.45, 2.75) is 25.3 Å². The van der Waals surface area contributed by atoms with E-state index >= 15 is 0 Å². The molecule has 114 valence electrons. The molecule has 1 saturated heterocycles. The summed E-state index contributed by atoms with van der Waals surface area (Å²) in [5.74, 6) is -1.25. The van der Waals surface area contributed by atoms with E-state index in [1.54, 1.807) is 0 Å². The van der Waals surface area contributed by atoms with Crippen LogP contribution < -0.4 is 16.1 Å². The Bertz CT molecular complexity index is 601. The first kappa shape index (κ1) is 15.2. The van der Waals surface area contributed by atoms with Gasteiger partial charge in [-0.15, -0.1) is 0 Å². The van der Waals surface area contributed by atoms with Crippen molar-refractivity contribution in [3.8, 4) is 5.75 Å². The summed E-state index contributed by atoms with van der Waals surface area (Å²) < 4.78 is 1.53.